The number of methoxy groups -OCH3 is 1. The molecule has 1 fully saturated rings. The summed E-state index contributed by atoms with van der Waals surface area (Å²) in [4.78, 5) is 2.24. The fourth-order valence-corrected chi connectivity index (χ4v) is 3.94. The molecule has 21 heavy (non-hydrogen) atoms. The van der Waals surface area contributed by atoms with Crippen molar-refractivity contribution in [1.82, 2.24) is 9.21 Å². The number of aryl methyl sites for hydroxylation is 1. The first-order valence-corrected chi connectivity index (χ1v) is 8.96. The molecule has 0 aliphatic carbocycles. The van der Waals surface area contributed by atoms with E-state index in [0.717, 1.165) is 25.2 Å². The molecule has 1 aliphatic rings. The molecule has 1 aromatic rings. The van der Waals surface area contributed by atoms with Crippen LogP contribution in [0.3, 0.4) is 0 Å². The maximum Gasteiger partial charge on any atom is 0.214 e. The van der Waals surface area contributed by atoms with Gasteiger partial charge in [-0.05, 0) is 12.0 Å². The van der Waals surface area contributed by atoms with Crippen LogP contribution in [0.2, 0.25) is 0 Å². The second-order valence-corrected chi connectivity index (χ2v) is 7.37. The number of hydrogen-bond acceptors (Lipinski definition) is 4. The Morgan fingerprint density at radius 2 is 1.76 bits per heavy atom. The molecule has 1 saturated heterocycles. The van der Waals surface area contributed by atoms with Gasteiger partial charge in [-0.2, -0.15) is 4.31 Å². The standard InChI is InChI=1S/C15H24N2O3S/c1-20-13-12-16-8-10-17(11-9-16)21(18,19)14-7-15-5-3-2-4-6-15/h2-6H,7-14H2,1H3. The minimum absolute atomic E-state index is 0.190. The predicted octanol–water partition coefficient (Wildman–Crippen LogP) is 0.823. The van der Waals surface area contributed by atoms with Gasteiger partial charge in [-0.3, -0.25) is 4.90 Å². The van der Waals surface area contributed by atoms with Gasteiger partial charge in [0.05, 0.1) is 12.4 Å². The molecule has 0 bridgehead atoms. The van der Waals surface area contributed by atoms with Crippen molar-refractivity contribution in [3.63, 3.8) is 0 Å². The Kier molecular flexibility index (Phi) is 6.17. The highest BCUT2D eigenvalue weighted by atomic mass is 32.2. The second-order valence-electron chi connectivity index (χ2n) is 5.29. The van der Waals surface area contributed by atoms with Crippen LogP contribution in [-0.4, -0.2) is 69.8 Å². The number of benzene rings is 1. The van der Waals surface area contributed by atoms with Gasteiger partial charge >= 0.3 is 0 Å². The Bertz CT molecular complexity index is 511. The molecular formula is C15H24N2O3S. The number of hydrogen-bond donors (Lipinski definition) is 0. The summed E-state index contributed by atoms with van der Waals surface area (Å²) in [5, 5.41) is 0. The van der Waals surface area contributed by atoms with E-state index in [1.54, 1.807) is 11.4 Å². The highest BCUT2D eigenvalue weighted by Crippen LogP contribution is 2.10. The SMILES string of the molecule is COCCN1CCN(S(=O)(=O)CCc2ccccc2)CC1. The van der Waals surface area contributed by atoms with Gasteiger partial charge in [0.1, 0.15) is 0 Å². The van der Waals surface area contributed by atoms with Crippen LogP contribution in [0.5, 0.6) is 0 Å². The van der Waals surface area contributed by atoms with Crippen LogP contribution < -0.4 is 0 Å². The molecule has 0 N–H and O–H groups in total. The number of rotatable bonds is 7. The van der Waals surface area contributed by atoms with E-state index in [4.69, 9.17) is 4.74 Å². The van der Waals surface area contributed by atoms with E-state index in [9.17, 15) is 8.42 Å². The molecule has 0 radical (unpaired) electrons. The second kappa shape index (κ2) is 7.89. The van der Waals surface area contributed by atoms with Crippen molar-refractivity contribution in [2.24, 2.45) is 0 Å². The molecule has 2 rings (SSSR count). The molecule has 0 amide bonds. The van der Waals surface area contributed by atoms with E-state index in [2.05, 4.69) is 4.90 Å². The topological polar surface area (TPSA) is 49.9 Å². The third kappa shape index (κ3) is 5.07. The van der Waals surface area contributed by atoms with Crippen molar-refractivity contribution in [1.29, 1.82) is 0 Å². The first kappa shape index (κ1) is 16.4. The fraction of sp³-hybridized carbons (Fsp3) is 0.600. The van der Waals surface area contributed by atoms with Gasteiger partial charge in [0.15, 0.2) is 0 Å². The van der Waals surface area contributed by atoms with Crippen LogP contribution in [0.4, 0.5) is 0 Å². The van der Waals surface area contributed by atoms with Crippen molar-refractivity contribution < 1.29 is 13.2 Å². The zero-order valence-electron chi connectivity index (χ0n) is 12.6. The first-order chi connectivity index (χ1) is 10.1. The van der Waals surface area contributed by atoms with Crippen LogP contribution in [0.15, 0.2) is 30.3 Å². The number of nitrogens with zero attached hydrogens (tertiary/aromatic N) is 2. The Hall–Kier alpha value is -0.950. The summed E-state index contributed by atoms with van der Waals surface area (Å²) in [7, 11) is -1.47. The highest BCUT2D eigenvalue weighted by molar-refractivity contribution is 7.89. The summed E-state index contributed by atoms with van der Waals surface area (Å²) < 4.78 is 31.4. The smallest absolute Gasteiger partial charge is 0.214 e. The summed E-state index contributed by atoms with van der Waals surface area (Å²) in [6.07, 6.45) is 0.576. The normalized spacial score (nSPS) is 18.0. The van der Waals surface area contributed by atoms with Gasteiger partial charge in [-0.15, -0.1) is 0 Å². The Labute approximate surface area is 127 Å². The van der Waals surface area contributed by atoms with Crippen molar-refractivity contribution in [2.75, 3.05) is 52.2 Å². The molecule has 0 saturated carbocycles. The van der Waals surface area contributed by atoms with Crippen LogP contribution in [0, 0.1) is 0 Å². The average molecular weight is 312 g/mol. The van der Waals surface area contributed by atoms with Crippen LogP contribution in [-0.2, 0) is 21.2 Å². The summed E-state index contributed by atoms with van der Waals surface area (Å²) in [5.41, 5.74) is 1.07. The molecule has 1 aliphatic heterocycles. The Morgan fingerprint density at radius 3 is 2.38 bits per heavy atom. The van der Waals surface area contributed by atoms with Crippen molar-refractivity contribution in [3.05, 3.63) is 35.9 Å². The molecule has 0 aromatic heterocycles. The van der Waals surface area contributed by atoms with Crippen LogP contribution >= 0.6 is 0 Å². The van der Waals surface area contributed by atoms with Gasteiger partial charge in [0.2, 0.25) is 10.0 Å². The van der Waals surface area contributed by atoms with Crippen molar-refractivity contribution in [3.8, 4) is 0 Å². The van der Waals surface area contributed by atoms with E-state index in [1.807, 2.05) is 30.3 Å². The van der Waals surface area contributed by atoms with E-state index in [-0.39, 0.29) is 5.75 Å². The highest BCUT2D eigenvalue weighted by Gasteiger charge is 2.26. The zero-order valence-corrected chi connectivity index (χ0v) is 13.4. The molecule has 5 nitrogen and oxygen atoms in total. The quantitative estimate of drug-likeness (QED) is 0.748. The van der Waals surface area contributed by atoms with Gasteiger partial charge in [-0.1, -0.05) is 30.3 Å². The Morgan fingerprint density at radius 1 is 1.10 bits per heavy atom. The lowest BCUT2D eigenvalue weighted by Crippen LogP contribution is -2.50. The van der Waals surface area contributed by atoms with E-state index in [0.29, 0.717) is 26.1 Å². The summed E-state index contributed by atoms with van der Waals surface area (Å²) >= 11 is 0. The third-order valence-corrected chi connectivity index (χ3v) is 5.70. The maximum atomic E-state index is 12.4. The molecule has 0 unspecified atom stereocenters. The number of piperazine rings is 1. The number of ether oxygens (including phenoxy) is 1. The molecule has 118 valence electrons. The fourth-order valence-electron chi connectivity index (χ4n) is 2.47. The maximum absolute atomic E-state index is 12.4. The Balaban J connectivity index is 1.81. The minimum atomic E-state index is -3.15. The molecule has 1 aromatic carbocycles. The summed E-state index contributed by atoms with van der Waals surface area (Å²) in [6.45, 7) is 4.30. The molecule has 0 atom stereocenters. The van der Waals surface area contributed by atoms with Crippen molar-refractivity contribution >= 4 is 10.0 Å². The van der Waals surface area contributed by atoms with E-state index < -0.39 is 10.0 Å². The molecule has 0 spiro atoms. The van der Waals surface area contributed by atoms with Crippen LogP contribution in [0.1, 0.15) is 5.56 Å². The lowest BCUT2D eigenvalue weighted by molar-refractivity contribution is 0.123. The zero-order chi connectivity index (χ0) is 15.1. The van der Waals surface area contributed by atoms with Gasteiger partial charge in [-0.25, -0.2) is 8.42 Å². The molecule has 1 heterocycles. The van der Waals surface area contributed by atoms with Crippen molar-refractivity contribution in [2.45, 2.75) is 6.42 Å². The minimum Gasteiger partial charge on any atom is -0.383 e. The summed E-state index contributed by atoms with van der Waals surface area (Å²) in [6, 6.07) is 9.76. The lowest BCUT2D eigenvalue weighted by atomic mass is 10.2. The van der Waals surface area contributed by atoms with Gasteiger partial charge < -0.3 is 4.74 Å². The molecule has 6 heteroatoms. The molecular weight excluding hydrogens is 288 g/mol. The monoisotopic (exact) mass is 312 g/mol. The van der Waals surface area contributed by atoms with E-state index >= 15 is 0 Å². The van der Waals surface area contributed by atoms with E-state index in [1.165, 1.54) is 0 Å². The third-order valence-electron chi connectivity index (χ3n) is 3.83. The average Bonchev–Trinajstić information content (AvgIpc) is 2.52. The largest absolute Gasteiger partial charge is 0.383 e. The first-order valence-electron chi connectivity index (χ1n) is 7.35. The summed E-state index contributed by atoms with van der Waals surface area (Å²) in [5.74, 6) is 0.190. The predicted molar refractivity (Wildman–Crippen MR) is 83.8 cm³/mol. The number of sulfonamides is 1. The lowest BCUT2D eigenvalue weighted by Gasteiger charge is -2.33. The van der Waals surface area contributed by atoms with Gasteiger partial charge in [0, 0.05) is 39.8 Å². The van der Waals surface area contributed by atoms with Crippen LogP contribution in [0.25, 0.3) is 0 Å². The van der Waals surface area contributed by atoms with Gasteiger partial charge in [0.25, 0.3) is 0 Å².